The highest BCUT2D eigenvalue weighted by molar-refractivity contribution is 7.99. The number of nitrogens with zero attached hydrogens (tertiary/aromatic N) is 1. The van der Waals surface area contributed by atoms with Crippen molar-refractivity contribution in [2.45, 2.75) is 25.9 Å². The maximum atomic E-state index is 6.03. The van der Waals surface area contributed by atoms with E-state index >= 15 is 0 Å². The summed E-state index contributed by atoms with van der Waals surface area (Å²) in [6, 6.07) is 9.26. The van der Waals surface area contributed by atoms with E-state index in [2.05, 4.69) is 30.0 Å². The molecule has 1 aliphatic heterocycles. The van der Waals surface area contributed by atoms with Crippen LogP contribution in [0.1, 0.15) is 25.5 Å². The molecule has 3 nitrogen and oxygen atoms in total. The molecular weight excluding hydrogens is 256 g/mol. The standard InChI is InChI=1S/C15H24N2OS/c1-3-18-14-6-4-5-13(9-14)15(10-16)17-7-8-19-11-12(17)2/h4-6,9,12,15H,3,7-8,10-11,16H2,1-2H3. The molecule has 1 heterocycles. The van der Waals surface area contributed by atoms with Crippen LogP contribution in [0.5, 0.6) is 5.75 Å². The number of hydrogen-bond donors (Lipinski definition) is 1. The zero-order valence-corrected chi connectivity index (χ0v) is 12.7. The van der Waals surface area contributed by atoms with Gasteiger partial charge in [0, 0.05) is 36.7 Å². The van der Waals surface area contributed by atoms with Gasteiger partial charge < -0.3 is 10.5 Å². The maximum absolute atomic E-state index is 6.03. The second-order valence-corrected chi connectivity index (χ2v) is 6.07. The van der Waals surface area contributed by atoms with Gasteiger partial charge in [-0.2, -0.15) is 11.8 Å². The first kappa shape index (κ1) is 14.7. The Balaban J connectivity index is 2.18. The fourth-order valence-electron chi connectivity index (χ4n) is 2.64. The van der Waals surface area contributed by atoms with Crippen molar-refractivity contribution < 1.29 is 4.74 Å². The third kappa shape index (κ3) is 3.65. The van der Waals surface area contributed by atoms with Gasteiger partial charge in [0.2, 0.25) is 0 Å². The molecule has 1 aromatic carbocycles. The van der Waals surface area contributed by atoms with Crippen LogP contribution in [0.2, 0.25) is 0 Å². The third-order valence-electron chi connectivity index (χ3n) is 3.60. The monoisotopic (exact) mass is 280 g/mol. The van der Waals surface area contributed by atoms with Gasteiger partial charge in [0.15, 0.2) is 0 Å². The highest BCUT2D eigenvalue weighted by Crippen LogP contribution is 2.29. The Morgan fingerprint density at radius 1 is 1.53 bits per heavy atom. The van der Waals surface area contributed by atoms with Crippen LogP contribution in [-0.4, -0.2) is 42.1 Å². The Bertz CT molecular complexity index is 399. The van der Waals surface area contributed by atoms with Gasteiger partial charge in [0.05, 0.1) is 6.61 Å². The molecule has 106 valence electrons. The van der Waals surface area contributed by atoms with Crippen LogP contribution in [0, 0.1) is 0 Å². The average Bonchev–Trinajstić information content (AvgIpc) is 2.43. The Kier molecular flexibility index (Phi) is 5.55. The summed E-state index contributed by atoms with van der Waals surface area (Å²) in [4.78, 5) is 2.53. The number of rotatable bonds is 5. The number of benzene rings is 1. The summed E-state index contributed by atoms with van der Waals surface area (Å²) in [5.74, 6) is 3.34. The lowest BCUT2D eigenvalue weighted by atomic mass is 10.0. The van der Waals surface area contributed by atoms with Crippen LogP contribution in [0.25, 0.3) is 0 Å². The van der Waals surface area contributed by atoms with Gasteiger partial charge in [-0.05, 0) is 31.5 Å². The zero-order chi connectivity index (χ0) is 13.7. The summed E-state index contributed by atoms with van der Waals surface area (Å²) in [7, 11) is 0. The molecule has 1 saturated heterocycles. The summed E-state index contributed by atoms with van der Waals surface area (Å²) in [6.07, 6.45) is 0. The van der Waals surface area contributed by atoms with E-state index in [4.69, 9.17) is 10.5 Å². The predicted molar refractivity (Wildman–Crippen MR) is 82.9 cm³/mol. The lowest BCUT2D eigenvalue weighted by molar-refractivity contribution is 0.165. The van der Waals surface area contributed by atoms with Crippen molar-refractivity contribution in [3.05, 3.63) is 29.8 Å². The van der Waals surface area contributed by atoms with Crippen LogP contribution in [0.15, 0.2) is 24.3 Å². The van der Waals surface area contributed by atoms with Crippen molar-refractivity contribution in [2.24, 2.45) is 5.73 Å². The van der Waals surface area contributed by atoms with E-state index in [1.165, 1.54) is 17.1 Å². The van der Waals surface area contributed by atoms with E-state index in [0.29, 0.717) is 25.2 Å². The number of ether oxygens (including phenoxy) is 1. The van der Waals surface area contributed by atoms with Crippen LogP contribution < -0.4 is 10.5 Å². The average molecular weight is 280 g/mol. The molecule has 2 atom stereocenters. The second kappa shape index (κ2) is 7.17. The number of nitrogens with two attached hydrogens (primary N) is 1. The molecule has 0 aliphatic carbocycles. The van der Waals surface area contributed by atoms with Crippen molar-refractivity contribution >= 4 is 11.8 Å². The van der Waals surface area contributed by atoms with Gasteiger partial charge in [-0.1, -0.05) is 12.1 Å². The number of hydrogen-bond acceptors (Lipinski definition) is 4. The van der Waals surface area contributed by atoms with Gasteiger partial charge in [-0.15, -0.1) is 0 Å². The Morgan fingerprint density at radius 2 is 2.37 bits per heavy atom. The van der Waals surface area contributed by atoms with Gasteiger partial charge in [-0.25, -0.2) is 0 Å². The molecule has 0 radical (unpaired) electrons. The largest absolute Gasteiger partial charge is 0.494 e. The third-order valence-corrected chi connectivity index (χ3v) is 4.79. The molecule has 2 rings (SSSR count). The van der Waals surface area contributed by atoms with Crippen molar-refractivity contribution in [3.8, 4) is 5.75 Å². The molecule has 19 heavy (non-hydrogen) atoms. The van der Waals surface area contributed by atoms with E-state index in [-0.39, 0.29) is 0 Å². The molecule has 0 spiro atoms. The molecule has 1 aromatic rings. The van der Waals surface area contributed by atoms with Crippen molar-refractivity contribution in [3.63, 3.8) is 0 Å². The van der Waals surface area contributed by atoms with Gasteiger partial charge >= 0.3 is 0 Å². The van der Waals surface area contributed by atoms with Crippen molar-refractivity contribution in [1.82, 2.24) is 4.90 Å². The summed E-state index contributed by atoms with van der Waals surface area (Å²) in [5, 5.41) is 0. The second-order valence-electron chi connectivity index (χ2n) is 4.92. The molecule has 0 amide bonds. The van der Waals surface area contributed by atoms with Crippen molar-refractivity contribution in [1.29, 1.82) is 0 Å². The topological polar surface area (TPSA) is 38.5 Å². The van der Waals surface area contributed by atoms with E-state index in [1.807, 2.05) is 24.8 Å². The smallest absolute Gasteiger partial charge is 0.119 e. The summed E-state index contributed by atoms with van der Waals surface area (Å²) < 4.78 is 5.59. The zero-order valence-electron chi connectivity index (χ0n) is 11.8. The summed E-state index contributed by atoms with van der Waals surface area (Å²) >= 11 is 2.03. The fourth-order valence-corrected chi connectivity index (χ4v) is 3.68. The lowest BCUT2D eigenvalue weighted by Gasteiger charge is -2.39. The fraction of sp³-hybridized carbons (Fsp3) is 0.600. The molecular formula is C15H24N2OS. The van der Waals surface area contributed by atoms with Crippen LogP contribution >= 0.6 is 11.8 Å². The molecule has 0 bridgehead atoms. The first-order valence-electron chi connectivity index (χ1n) is 7.02. The minimum atomic E-state index is 0.302. The minimum absolute atomic E-state index is 0.302. The summed E-state index contributed by atoms with van der Waals surface area (Å²) in [6.45, 7) is 6.78. The quantitative estimate of drug-likeness (QED) is 0.899. The van der Waals surface area contributed by atoms with Crippen LogP contribution in [0.4, 0.5) is 0 Å². The van der Waals surface area contributed by atoms with E-state index in [0.717, 1.165) is 12.3 Å². The number of thioether (sulfide) groups is 1. The van der Waals surface area contributed by atoms with Crippen molar-refractivity contribution in [2.75, 3.05) is 31.2 Å². The Labute approximate surface area is 120 Å². The molecule has 2 N–H and O–H groups in total. The normalized spacial score (nSPS) is 22.2. The van der Waals surface area contributed by atoms with Crippen LogP contribution in [0.3, 0.4) is 0 Å². The van der Waals surface area contributed by atoms with Crippen LogP contribution in [-0.2, 0) is 0 Å². The van der Waals surface area contributed by atoms with E-state index < -0.39 is 0 Å². The Morgan fingerprint density at radius 3 is 3.05 bits per heavy atom. The lowest BCUT2D eigenvalue weighted by Crippen LogP contribution is -2.45. The molecule has 0 saturated carbocycles. The maximum Gasteiger partial charge on any atom is 0.119 e. The molecule has 4 heteroatoms. The molecule has 1 aliphatic rings. The van der Waals surface area contributed by atoms with E-state index in [1.54, 1.807) is 0 Å². The van der Waals surface area contributed by atoms with Gasteiger partial charge in [-0.3, -0.25) is 4.90 Å². The molecule has 0 aromatic heterocycles. The molecule has 1 fully saturated rings. The highest BCUT2D eigenvalue weighted by atomic mass is 32.2. The first-order chi connectivity index (χ1) is 9.26. The molecule has 2 unspecified atom stereocenters. The minimum Gasteiger partial charge on any atom is -0.494 e. The van der Waals surface area contributed by atoms with Gasteiger partial charge in [0.25, 0.3) is 0 Å². The van der Waals surface area contributed by atoms with Gasteiger partial charge in [0.1, 0.15) is 5.75 Å². The predicted octanol–water partition coefficient (Wildman–Crippen LogP) is 2.52. The SMILES string of the molecule is CCOc1cccc(C(CN)N2CCSCC2C)c1. The first-order valence-corrected chi connectivity index (χ1v) is 8.18. The van der Waals surface area contributed by atoms with E-state index in [9.17, 15) is 0 Å². The Hall–Kier alpha value is -0.710. The summed E-state index contributed by atoms with van der Waals surface area (Å²) in [5.41, 5.74) is 7.30. The highest BCUT2D eigenvalue weighted by Gasteiger charge is 2.26.